The average molecular weight is 250 g/mol. The van der Waals surface area contributed by atoms with Gasteiger partial charge >= 0.3 is 0 Å². The number of carbonyl (C=O) groups is 1. The van der Waals surface area contributed by atoms with Gasteiger partial charge in [-0.3, -0.25) is 4.79 Å². The van der Waals surface area contributed by atoms with E-state index in [4.69, 9.17) is 11.6 Å². The second-order valence-electron chi connectivity index (χ2n) is 3.74. The normalized spacial score (nSPS) is 10.5. The predicted octanol–water partition coefficient (Wildman–Crippen LogP) is 2.75. The van der Waals surface area contributed by atoms with Gasteiger partial charge in [0.25, 0.3) is 0 Å². The summed E-state index contributed by atoms with van der Waals surface area (Å²) in [6.07, 6.45) is 0. The third-order valence-corrected chi connectivity index (χ3v) is 2.95. The van der Waals surface area contributed by atoms with E-state index >= 15 is 0 Å². The van der Waals surface area contributed by atoms with E-state index < -0.39 is 0 Å². The number of halogens is 1. The number of anilines is 1. The number of aromatic hydroxyl groups is 1. The van der Waals surface area contributed by atoms with E-state index in [0.717, 1.165) is 16.5 Å². The van der Waals surface area contributed by atoms with Crippen molar-refractivity contribution < 1.29 is 9.90 Å². The molecule has 17 heavy (non-hydrogen) atoms. The molecule has 0 bridgehead atoms. The minimum Gasteiger partial charge on any atom is -0.507 e. The summed E-state index contributed by atoms with van der Waals surface area (Å²) in [6.45, 7) is 0. The van der Waals surface area contributed by atoms with Crippen LogP contribution in [0.25, 0.3) is 10.8 Å². The van der Waals surface area contributed by atoms with E-state index in [0.29, 0.717) is 0 Å². The molecule has 2 aromatic rings. The number of fused-ring (bicyclic) bond motifs is 1. The Hall–Kier alpha value is -1.74. The highest BCUT2D eigenvalue weighted by Gasteiger charge is 2.13. The largest absolute Gasteiger partial charge is 0.507 e. The van der Waals surface area contributed by atoms with Crippen LogP contribution in [0.3, 0.4) is 0 Å². The Bertz CT molecular complexity index is 568. The van der Waals surface area contributed by atoms with Gasteiger partial charge in [0.15, 0.2) is 0 Å². The molecule has 0 aliphatic heterocycles. The number of benzene rings is 2. The highest BCUT2D eigenvalue weighted by Crippen LogP contribution is 2.31. The number of hydrogen-bond acceptors (Lipinski definition) is 2. The minimum atomic E-state index is -0.178. The first-order valence-corrected chi connectivity index (χ1v) is 5.72. The molecule has 1 amide bonds. The standard InChI is InChI=1S/C13H12ClNO2/c1-15(13(17)8-14)11-6-2-5-10-9(11)4-3-7-12(10)16/h2-7,16H,8H2,1H3. The number of phenols is 1. The Kier molecular flexibility index (Phi) is 3.20. The van der Waals surface area contributed by atoms with Gasteiger partial charge in [-0.05, 0) is 12.1 Å². The lowest BCUT2D eigenvalue weighted by Gasteiger charge is -2.18. The molecule has 88 valence electrons. The molecule has 2 aromatic carbocycles. The van der Waals surface area contributed by atoms with Gasteiger partial charge in [-0.2, -0.15) is 0 Å². The van der Waals surface area contributed by atoms with Gasteiger partial charge in [-0.15, -0.1) is 11.6 Å². The van der Waals surface area contributed by atoms with Crippen LogP contribution in [-0.4, -0.2) is 23.9 Å². The first-order valence-electron chi connectivity index (χ1n) is 5.18. The molecule has 4 heteroatoms. The van der Waals surface area contributed by atoms with E-state index in [1.165, 1.54) is 4.90 Å². The van der Waals surface area contributed by atoms with Gasteiger partial charge < -0.3 is 10.0 Å². The van der Waals surface area contributed by atoms with E-state index in [9.17, 15) is 9.90 Å². The third kappa shape index (κ3) is 2.06. The Morgan fingerprint density at radius 2 is 1.88 bits per heavy atom. The van der Waals surface area contributed by atoms with Crippen LogP contribution < -0.4 is 4.90 Å². The van der Waals surface area contributed by atoms with E-state index in [1.54, 1.807) is 25.2 Å². The predicted molar refractivity (Wildman–Crippen MR) is 69.7 cm³/mol. The van der Waals surface area contributed by atoms with Crippen LogP contribution in [0, 0.1) is 0 Å². The van der Waals surface area contributed by atoms with Gasteiger partial charge in [-0.1, -0.05) is 24.3 Å². The molecular weight excluding hydrogens is 238 g/mol. The summed E-state index contributed by atoms with van der Waals surface area (Å²) in [6, 6.07) is 10.7. The second kappa shape index (κ2) is 4.63. The number of phenolic OH excluding ortho intramolecular Hbond substituents is 1. The van der Waals surface area contributed by atoms with Gasteiger partial charge in [-0.25, -0.2) is 0 Å². The number of alkyl halides is 1. The van der Waals surface area contributed by atoms with Crippen LogP contribution in [0.5, 0.6) is 5.75 Å². The van der Waals surface area contributed by atoms with Crippen molar-refractivity contribution in [3.63, 3.8) is 0 Å². The van der Waals surface area contributed by atoms with Gasteiger partial charge in [0.1, 0.15) is 11.6 Å². The van der Waals surface area contributed by atoms with E-state index in [-0.39, 0.29) is 17.5 Å². The Labute approximate surface area is 104 Å². The van der Waals surface area contributed by atoms with Crippen molar-refractivity contribution in [3.8, 4) is 5.75 Å². The number of carbonyl (C=O) groups excluding carboxylic acids is 1. The Balaban J connectivity index is 2.62. The van der Waals surface area contributed by atoms with Crippen molar-refractivity contribution in [2.75, 3.05) is 17.8 Å². The monoisotopic (exact) mass is 249 g/mol. The van der Waals surface area contributed by atoms with Crippen molar-refractivity contribution in [1.82, 2.24) is 0 Å². The zero-order valence-electron chi connectivity index (χ0n) is 9.35. The summed E-state index contributed by atoms with van der Waals surface area (Å²) in [5.74, 6) is -0.0373. The van der Waals surface area contributed by atoms with Crippen molar-refractivity contribution in [3.05, 3.63) is 36.4 Å². The van der Waals surface area contributed by atoms with Crippen LogP contribution >= 0.6 is 11.6 Å². The molecule has 0 heterocycles. The fraction of sp³-hybridized carbons (Fsp3) is 0.154. The molecule has 0 aliphatic rings. The van der Waals surface area contributed by atoms with Crippen LogP contribution in [0.1, 0.15) is 0 Å². The van der Waals surface area contributed by atoms with Gasteiger partial charge in [0, 0.05) is 17.8 Å². The first-order chi connectivity index (χ1) is 8.15. The summed E-state index contributed by atoms with van der Waals surface area (Å²) in [7, 11) is 1.67. The van der Waals surface area contributed by atoms with Crippen LogP contribution in [0.15, 0.2) is 36.4 Å². The molecule has 1 N–H and O–H groups in total. The fourth-order valence-corrected chi connectivity index (χ4v) is 1.97. The molecule has 0 atom stereocenters. The fourth-order valence-electron chi connectivity index (χ4n) is 1.79. The third-order valence-electron chi connectivity index (χ3n) is 2.73. The molecule has 3 nitrogen and oxygen atoms in total. The lowest BCUT2D eigenvalue weighted by molar-refractivity contribution is -0.116. The molecule has 0 spiro atoms. The summed E-state index contributed by atoms with van der Waals surface area (Å²) < 4.78 is 0. The Morgan fingerprint density at radius 1 is 1.24 bits per heavy atom. The molecular formula is C13H12ClNO2. The molecule has 0 aromatic heterocycles. The number of amides is 1. The van der Waals surface area contributed by atoms with Crippen molar-refractivity contribution in [2.24, 2.45) is 0 Å². The molecule has 0 saturated carbocycles. The molecule has 0 unspecified atom stereocenters. The van der Waals surface area contributed by atoms with Crippen molar-refractivity contribution in [2.45, 2.75) is 0 Å². The maximum absolute atomic E-state index is 11.6. The van der Waals surface area contributed by atoms with Gasteiger partial charge in [0.2, 0.25) is 5.91 Å². The zero-order chi connectivity index (χ0) is 12.4. The highest BCUT2D eigenvalue weighted by atomic mass is 35.5. The summed E-state index contributed by atoms with van der Waals surface area (Å²) in [5, 5.41) is 11.3. The highest BCUT2D eigenvalue weighted by molar-refractivity contribution is 6.29. The average Bonchev–Trinajstić information content (AvgIpc) is 2.37. The molecule has 0 saturated heterocycles. The SMILES string of the molecule is CN(C(=O)CCl)c1cccc2c(O)cccc12. The molecule has 0 fully saturated rings. The Morgan fingerprint density at radius 3 is 2.59 bits per heavy atom. The molecule has 0 radical (unpaired) electrons. The first kappa shape index (κ1) is 11.7. The quantitative estimate of drug-likeness (QED) is 0.832. The van der Waals surface area contributed by atoms with Crippen LogP contribution in [-0.2, 0) is 4.79 Å². The summed E-state index contributed by atoms with van der Waals surface area (Å²) in [4.78, 5) is 13.1. The van der Waals surface area contributed by atoms with E-state index in [1.807, 2.05) is 18.2 Å². The van der Waals surface area contributed by atoms with Crippen LogP contribution in [0.4, 0.5) is 5.69 Å². The lowest BCUT2D eigenvalue weighted by Crippen LogP contribution is -2.27. The zero-order valence-corrected chi connectivity index (χ0v) is 10.1. The minimum absolute atomic E-state index is 0.0638. The maximum Gasteiger partial charge on any atom is 0.241 e. The number of hydrogen-bond donors (Lipinski definition) is 1. The van der Waals surface area contributed by atoms with Crippen molar-refractivity contribution in [1.29, 1.82) is 0 Å². The smallest absolute Gasteiger partial charge is 0.241 e. The summed E-state index contributed by atoms with van der Waals surface area (Å²) in [5.41, 5.74) is 0.740. The van der Waals surface area contributed by atoms with E-state index in [2.05, 4.69) is 0 Å². The molecule has 0 aliphatic carbocycles. The summed E-state index contributed by atoms with van der Waals surface area (Å²) >= 11 is 5.54. The topological polar surface area (TPSA) is 40.5 Å². The number of nitrogens with zero attached hydrogens (tertiary/aromatic N) is 1. The molecule has 2 rings (SSSR count). The van der Waals surface area contributed by atoms with Crippen molar-refractivity contribution >= 4 is 34.0 Å². The lowest BCUT2D eigenvalue weighted by atomic mass is 10.1. The van der Waals surface area contributed by atoms with Crippen LogP contribution in [0.2, 0.25) is 0 Å². The van der Waals surface area contributed by atoms with Gasteiger partial charge in [0.05, 0.1) is 5.69 Å². The maximum atomic E-state index is 11.6. The number of rotatable bonds is 2. The second-order valence-corrected chi connectivity index (χ2v) is 4.00.